The third kappa shape index (κ3) is 4.88. The molecule has 2 aliphatic rings. The Morgan fingerprint density at radius 1 is 1.28 bits per heavy atom. The first-order chi connectivity index (χ1) is 14.1. The lowest BCUT2D eigenvalue weighted by molar-refractivity contribution is -0.130. The molecule has 0 spiro atoms. The van der Waals surface area contributed by atoms with Gasteiger partial charge in [0, 0.05) is 19.5 Å². The van der Waals surface area contributed by atoms with Crippen molar-refractivity contribution >= 4 is 51.3 Å². The summed E-state index contributed by atoms with van der Waals surface area (Å²) in [6.45, 7) is 5.01. The number of thiocarbonyl (C=S) groups is 1. The summed E-state index contributed by atoms with van der Waals surface area (Å²) < 4.78 is 6.13. The molecule has 0 bridgehead atoms. The molecule has 1 atom stereocenters. The van der Waals surface area contributed by atoms with Gasteiger partial charge in [0.05, 0.1) is 35.6 Å². The molecule has 1 amide bonds. The fraction of sp³-hybridized carbons (Fsp3) is 0.381. The minimum atomic E-state index is -0.0715. The van der Waals surface area contributed by atoms with Crippen LogP contribution in [-0.2, 0) is 9.53 Å². The van der Waals surface area contributed by atoms with E-state index in [0.29, 0.717) is 19.0 Å². The third-order valence-electron chi connectivity index (χ3n) is 5.02. The number of rotatable bonds is 4. The topological polar surface area (TPSA) is 45.1 Å². The van der Waals surface area contributed by atoms with Gasteiger partial charge in [0.2, 0.25) is 0 Å². The summed E-state index contributed by atoms with van der Waals surface area (Å²) in [7, 11) is 0. The van der Waals surface area contributed by atoms with E-state index in [0.717, 1.165) is 40.0 Å². The zero-order chi connectivity index (χ0) is 20.2. The van der Waals surface area contributed by atoms with Crippen LogP contribution < -0.4 is 0 Å². The number of aryl methyl sites for hydroxylation is 1. The second-order valence-electron chi connectivity index (χ2n) is 7.05. The van der Waals surface area contributed by atoms with E-state index in [4.69, 9.17) is 22.1 Å². The number of thioether (sulfide) groups is 1. The highest BCUT2D eigenvalue weighted by molar-refractivity contribution is 8.23. The van der Waals surface area contributed by atoms with E-state index < -0.39 is 0 Å². The molecule has 0 N–H and O–H groups in total. The van der Waals surface area contributed by atoms with E-state index in [2.05, 4.69) is 42.2 Å². The normalized spacial score (nSPS) is 19.3. The van der Waals surface area contributed by atoms with Crippen molar-refractivity contribution in [2.75, 3.05) is 32.1 Å². The van der Waals surface area contributed by atoms with Crippen LogP contribution in [0.4, 0.5) is 0 Å². The van der Waals surface area contributed by atoms with Gasteiger partial charge in [-0.2, -0.15) is 5.10 Å². The summed E-state index contributed by atoms with van der Waals surface area (Å²) in [5.41, 5.74) is 3.29. The molecule has 0 aliphatic carbocycles. The van der Waals surface area contributed by atoms with Crippen LogP contribution in [0.2, 0.25) is 0 Å². The summed E-state index contributed by atoms with van der Waals surface area (Å²) in [5.74, 6) is 0.280. The van der Waals surface area contributed by atoms with Gasteiger partial charge in [0.15, 0.2) is 0 Å². The first kappa shape index (κ1) is 20.5. The largest absolute Gasteiger partial charge is 0.378 e. The Morgan fingerprint density at radius 2 is 2.03 bits per heavy atom. The van der Waals surface area contributed by atoms with Crippen LogP contribution in [0.1, 0.15) is 28.5 Å². The summed E-state index contributed by atoms with van der Waals surface area (Å²) in [6.07, 6.45) is 0.730. The number of amides is 1. The first-order valence-corrected chi connectivity index (χ1v) is 11.9. The summed E-state index contributed by atoms with van der Waals surface area (Å²) in [6, 6.07) is 12.4. The zero-order valence-corrected chi connectivity index (χ0v) is 18.7. The molecule has 29 heavy (non-hydrogen) atoms. The van der Waals surface area contributed by atoms with Crippen molar-refractivity contribution in [2.45, 2.75) is 19.4 Å². The van der Waals surface area contributed by atoms with Crippen LogP contribution in [0.25, 0.3) is 0 Å². The van der Waals surface area contributed by atoms with E-state index in [1.165, 1.54) is 17.3 Å². The number of thiophene rings is 1. The molecule has 5 nitrogen and oxygen atoms in total. The first-order valence-electron chi connectivity index (χ1n) is 9.61. The lowest BCUT2D eigenvalue weighted by Crippen LogP contribution is -2.39. The standard InChI is InChI=1S/C21H23N3O2S3/c1-15-4-6-16(7-5-15)18-13-17(19-3-2-12-28-19)22-24(18)20(25)14-29-21(27)23-8-10-26-11-9-23/h2-7,12,18H,8-11,13-14H2,1H3/t18-/m0/s1. The molecule has 8 heteroatoms. The van der Waals surface area contributed by atoms with E-state index in [-0.39, 0.29) is 11.9 Å². The number of carbonyl (C=O) groups is 1. The minimum Gasteiger partial charge on any atom is -0.378 e. The zero-order valence-electron chi connectivity index (χ0n) is 16.2. The molecular weight excluding hydrogens is 422 g/mol. The summed E-state index contributed by atoms with van der Waals surface area (Å²) >= 11 is 8.60. The lowest BCUT2D eigenvalue weighted by Gasteiger charge is -2.29. The molecule has 4 rings (SSSR count). The van der Waals surface area contributed by atoms with Gasteiger partial charge in [0.25, 0.3) is 5.91 Å². The van der Waals surface area contributed by atoms with Gasteiger partial charge in [-0.1, -0.05) is 59.9 Å². The highest BCUT2D eigenvalue weighted by Crippen LogP contribution is 2.34. The number of benzene rings is 1. The van der Waals surface area contributed by atoms with Crippen LogP contribution in [0.3, 0.4) is 0 Å². The molecule has 1 aromatic carbocycles. The van der Waals surface area contributed by atoms with E-state index in [9.17, 15) is 4.79 Å². The maximum Gasteiger partial charge on any atom is 0.253 e. The fourth-order valence-corrected chi connectivity index (χ4v) is 5.23. The predicted octanol–water partition coefficient (Wildman–Crippen LogP) is 4.08. The fourth-order valence-electron chi connectivity index (χ4n) is 3.41. The number of ether oxygens (including phenoxy) is 1. The Bertz CT molecular complexity index is 890. The lowest BCUT2D eigenvalue weighted by atomic mass is 10.00. The average Bonchev–Trinajstić information content (AvgIpc) is 3.43. The van der Waals surface area contributed by atoms with Gasteiger partial charge in [-0.25, -0.2) is 5.01 Å². The molecule has 1 aromatic heterocycles. The van der Waals surface area contributed by atoms with E-state index >= 15 is 0 Å². The monoisotopic (exact) mass is 445 g/mol. The van der Waals surface area contributed by atoms with Gasteiger partial charge in [-0.3, -0.25) is 4.79 Å². The van der Waals surface area contributed by atoms with Crippen molar-refractivity contribution in [3.05, 3.63) is 57.8 Å². The number of hydrogen-bond donors (Lipinski definition) is 0. The van der Waals surface area contributed by atoms with Gasteiger partial charge < -0.3 is 9.64 Å². The van der Waals surface area contributed by atoms with Crippen molar-refractivity contribution < 1.29 is 9.53 Å². The number of nitrogens with zero attached hydrogens (tertiary/aromatic N) is 3. The summed E-state index contributed by atoms with van der Waals surface area (Å²) in [4.78, 5) is 16.3. The average molecular weight is 446 g/mol. The maximum atomic E-state index is 13.1. The summed E-state index contributed by atoms with van der Waals surface area (Å²) in [5, 5.41) is 8.42. The SMILES string of the molecule is Cc1ccc([C@@H]2CC(c3cccs3)=NN2C(=O)CSC(=S)N2CCOCC2)cc1. The molecule has 2 aliphatic heterocycles. The van der Waals surface area contributed by atoms with Crippen molar-refractivity contribution in [1.82, 2.24) is 9.91 Å². The molecule has 3 heterocycles. The van der Waals surface area contributed by atoms with Crippen LogP contribution in [0, 0.1) is 6.92 Å². The van der Waals surface area contributed by atoms with Crippen molar-refractivity contribution in [3.8, 4) is 0 Å². The van der Waals surface area contributed by atoms with Crippen molar-refractivity contribution in [2.24, 2.45) is 5.10 Å². The molecule has 1 fully saturated rings. The second kappa shape index (κ2) is 9.38. The number of morpholine rings is 1. The highest BCUT2D eigenvalue weighted by atomic mass is 32.2. The second-order valence-corrected chi connectivity index (χ2v) is 9.60. The molecule has 0 unspecified atom stereocenters. The molecule has 1 saturated heterocycles. The van der Waals surface area contributed by atoms with Crippen LogP contribution in [0.15, 0.2) is 46.9 Å². The van der Waals surface area contributed by atoms with E-state index in [1.54, 1.807) is 16.3 Å². The van der Waals surface area contributed by atoms with Crippen LogP contribution in [-0.4, -0.2) is 57.9 Å². The third-order valence-corrected chi connectivity index (χ3v) is 7.45. The quantitative estimate of drug-likeness (QED) is 0.664. The van der Waals surface area contributed by atoms with Crippen LogP contribution >= 0.6 is 35.3 Å². The Morgan fingerprint density at radius 3 is 2.72 bits per heavy atom. The van der Waals surface area contributed by atoms with Gasteiger partial charge in [0.1, 0.15) is 4.32 Å². The van der Waals surface area contributed by atoms with Crippen LogP contribution in [0.5, 0.6) is 0 Å². The number of hydrogen-bond acceptors (Lipinski definition) is 6. The van der Waals surface area contributed by atoms with Crippen molar-refractivity contribution in [3.63, 3.8) is 0 Å². The van der Waals surface area contributed by atoms with Gasteiger partial charge in [-0.05, 0) is 23.9 Å². The molecule has 0 saturated carbocycles. The Kier molecular flexibility index (Phi) is 6.64. The van der Waals surface area contributed by atoms with Gasteiger partial charge >= 0.3 is 0 Å². The maximum absolute atomic E-state index is 13.1. The molecule has 0 radical (unpaired) electrons. The van der Waals surface area contributed by atoms with Gasteiger partial charge in [-0.15, -0.1) is 11.3 Å². The minimum absolute atomic E-state index is 0.0114. The Labute approximate surface area is 184 Å². The molecular formula is C21H23N3O2S3. The predicted molar refractivity (Wildman–Crippen MR) is 124 cm³/mol. The Hall–Kier alpha value is -1.74. The van der Waals surface area contributed by atoms with E-state index in [1.807, 2.05) is 11.4 Å². The molecule has 2 aromatic rings. The number of hydrazone groups is 1. The highest BCUT2D eigenvalue weighted by Gasteiger charge is 2.33. The number of carbonyl (C=O) groups excluding carboxylic acids is 1. The smallest absolute Gasteiger partial charge is 0.253 e. The Balaban J connectivity index is 1.48. The van der Waals surface area contributed by atoms with Crippen molar-refractivity contribution in [1.29, 1.82) is 0 Å². The molecule has 152 valence electrons.